The second-order valence-electron chi connectivity index (χ2n) is 7.46. The molecule has 1 atom stereocenters. The SMILES string of the molecule is Cc1ccc(CN2Cc3ccnn3[C@@H](CNC(=O)N3CCCC3)C2)cc1. The Kier molecular flexibility index (Phi) is 4.93. The second-order valence-corrected chi connectivity index (χ2v) is 7.46. The predicted molar refractivity (Wildman–Crippen MR) is 101 cm³/mol. The number of rotatable bonds is 4. The maximum atomic E-state index is 12.3. The third-order valence-electron chi connectivity index (χ3n) is 5.36. The molecule has 0 aliphatic carbocycles. The van der Waals surface area contributed by atoms with Crippen molar-refractivity contribution >= 4 is 6.03 Å². The summed E-state index contributed by atoms with van der Waals surface area (Å²) < 4.78 is 2.08. The van der Waals surface area contributed by atoms with Gasteiger partial charge in [-0.2, -0.15) is 5.10 Å². The van der Waals surface area contributed by atoms with E-state index in [4.69, 9.17) is 0 Å². The molecule has 1 saturated heterocycles. The maximum absolute atomic E-state index is 12.3. The van der Waals surface area contributed by atoms with Crippen molar-refractivity contribution in [2.75, 3.05) is 26.2 Å². The van der Waals surface area contributed by atoms with Crippen molar-refractivity contribution in [3.8, 4) is 0 Å². The van der Waals surface area contributed by atoms with Crippen LogP contribution in [0.2, 0.25) is 0 Å². The number of carbonyl (C=O) groups excluding carboxylic acids is 1. The summed E-state index contributed by atoms with van der Waals surface area (Å²) in [5, 5.41) is 7.61. The predicted octanol–water partition coefficient (Wildman–Crippen LogP) is 2.55. The molecule has 2 aliphatic heterocycles. The fourth-order valence-corrected chi connectivity index (χ4v) is 3.92. The lowest BCUT2D eigenvalue weighted by molar-refractivity contribution is 0.161. The fraction of sp³-hybridized carbons (Fsp3) is 0.500. The van der Waals surface area contributed by atoms with E-state index in [0.29, 0.717) is 6.54 Å². The molecule has 1 aromatic carbocycles. The lowest BCUT2D eigenvalue weighted by Crippen LogP contribution is -2.45. The van der Waals surface area contributed by atoms with Crippen LogP contribution in [-0.4, -0.2) is 51.8 Å². The van der Waals surface area contributed by atoms with Crippen LogP contribution in [0.1, 0.15) is 35.7 Å². The minimum atomic E-state index is 0.0619. The highest BCUT2D eigenvalue weighted by atomic mass is 16.2. The highest BCUT2D eigenvalue weighted by molar-refractivity contribution is 5.74. The van der Waals surface area contributed by atoms with Crippen molar-refractivity contribution in [3.05, 3.63) is 53.3 Å². The monoisotopic (exact) mass is 353 g/mol. The lowest BCUT2D eigenvalue weighted by atomic mass is 10.1. The van der Waals surface area contributed by atoms with E-state index < -0.39 is 0 Å². The fourth-order valence-electron chi connectivity index (χ4n) is 3.92. The van der Waals surface area contributed by atoms with Crippen LogP contribution in [0.4, 0.5) is 4.79 Å². The summed E-state index contributed by atoms with van der Waals surface area (Å²) in [6, 6.07) is 11.0. The molecule has 2 aromatic rings. The summed E-state index contributed by atoms with van der Waals surface area (Å²) in [6.07, 6.45) is 4.09. The molecule has 6 nitrogen and oxygen atoms in total. The average Bonchev–Trinajstić information content (AvgIpc) is 3.33. The molecule has 1 aromatic heterocycles. The summed E-state index contributed by atoms with van der Waals surface area (Å²) in [7, 11) is 0. The standard InChI is InChI=1S/C20H27N5O/c1-16-4-6-17(7-5-16)13-23-14-18-8-9-22-25(18)19(15-23)12-21-20(26)24-10-2-3-11-24/h4-9,19H,2-3,10-15H2,1H3,(H,21,26)/t19-/m0/s1. The van der Waals surface area contributed by atoms with Gasteiger partial charge in [0.15, 0.2) is 0 Å². The van der Waals surface area contributed by atoms with Crippen molar-refractivity contribution in [1.29, 1.82) is 0 Å². The number of hydrogen-bond donors (Lipinski definition) is 1. The highest BCUT2D eigenvalue weighted by Crippen LogP contribution is 2.22. The highest BCUT2D eigenvalue weighted by Gasteiger charge is 2.27. The summed E-state index contributed by atoms with van der Waals surface area (Å²) >= 11 is 0. The molecule has 6 heteroatoms. The van der Waals surface area contributed by atoms with Crippen LogP contribution in [-0.2, 0) is 13.1 Å². The topological polar surface area (TPSA) is 53.4 Å². The molecule has 0 bridgehead atoms. The summed E-state index contributed by atoms with van der Waals surface area (Å²) in [5.74, 6) is 0. The van der Waals surface area contributed by atoms with Crippen LogP contribution in [0, 0.1) is 6.92 Å². The number of nitrogens with one attached hydrogen (secondary N) is 1. The third kappa shape index (κ3) is 3.75. The number of carbonyl (C=O) groups is 1. The lowest BCUT2D eigenvalue weighted by Gasteiger charge is -2.34. The van der Waals surface area contributed by atoms with Gasteiger partial charge in [-0.15, -0.1) is 0 Å². The molecule has 0 unspecified atom stereocenters. The Labute approximate surface area is 154 Å². The van der Waals surface area contributed by atoms with Crippen molar-refractivity contribution in [2.45, 2.75) is 38.9 Å². The summed E-state index contributed by atoms with van der Waals surface area (Å²) in [6.45, 7) is 7.19. The minimum Gasteiger partial charge on any atom is -0.336 e. The van der Waals surface area contributed by atoms with Gasteiger partial charge in [0.25, 0.3) is 0 Å². The number of hydrogen-bond acceptors (Lipinski definition) is 3. The molecule has 4 rings (SSSR count). The van der Waals surface area contributed by atoms with Crippen LogP contribution in [0.5, 0.6) is 0 Å². The van der Waals surface area contributed by atoms with Crippen LogP contribution in [0.25, 0.3) is 0 Å². The molecular weight excluding hydrogens is 326 g/mol. The van der Waals surface area contributed by atoms with Gasteiger partial charge in [0, 0.05) is 45.5 Å². The first-order valence-corrected chi connectivity index (χ1v) is 9.52. The van der Waals surface area contributed by atoms with E-state index >= 15 is 0 Å². The molecule has 138 valence electrons. The van der Waals surface area contributed by atoms with Gasteiger partial charge in [0.05, 0.1) is 11.7 Å². The first-order chi connectivity index (χ1) is 12.7. The number of aromatic nitrogens is 2. The van der Waals surface area contributed by atoms with E-state index in [1.807, 2.05) is 11.1 Å². The number of aryl methyl sites for hydroxylation is 1. The van der Waals surface area contributed by atoms with Crippen LogP contribution in [0.3, 0.4) is 0 Å². The number of nitrogens with zero attached hydrogens (tertiary/aromatic N) is 4. The molecule has 2 aliphatic rings. The van der Waals surface area contributed by atoms with Gasteiger partial charge >= 0.3 is 6.03 Å². The van der Waals surface area contributed by atoms with Crippen molar-refractivity contribution in [1.82, 2.24) is 24.9 Å². The van der Waals surface area contributed by atoms with E-state index in [2.05, 4.69) is 57.3 Å². The number of fused-ring (bicyclic) bond motifs is 1. The van der Waals surface area contributed by atoms with Gasteiger partial charge in [0.2, 0.25) is 0 Å². The van der Waals surface area contributed by atoms with Crippen molar-refractivity contribution in [3.63, 3.8) is 0 Å². The van der Waals surface area contributed by atoms with Gasteiger partial charge in [-0.1, -0.05) is 29.8 Å². The number of amides is 2. The molecule has 1 N–H and O–H groups in total. The van der Waals surface area contributed by atoms with E-state index in [-0.39, 0.29) is 12.1 Å². The first kappa shape index (κ1) is 17.1. The van der Waals surface area contributed by atoms with Gasteiger partial charge < -0.3 is 10.2 Å². The Morgan fingerprint density at radius 2 is 1.96 bits per heavy atom. The molecular formula is C20H27N5O. The van der Waals surface area contributed by atoms with Gasteiger partial charge in [0.1, 0.15) is 0 Å². The van der Waals surface area contributed by atoms with E-state index in [1.54, 1.807) is 0 Å². The smallest absolute Gasteiger partial charge is 0.317 e. The minimum absolute atomic E-state index is 0.0619. The number of likely N-dealkylation sites (tertiary alicyclic amines) is 1. The molecule has 0 saturated carbocycles. The van der Waals surface area contributed by atoms with Gasteiger partial charge in [-0.25, -0.2) is 4.79 Å². The molecule has 2 amide bonds. The summed E-state index contributed by atoms with van der Waals surface area (Å²) in [5.41, 5.74) is 3.82. The van der Waals surface area contributed by atoms with E-state index in [0.717, 1.165) is 45.6 Å². The van der Waals surface area contributed by atoms with Crippen LogP contribution in [0.15, 0.2) is 36.5 Å². The quantitative estimate of drug-likeness (QED) is 0.919. The number of urea groups is 1. The largest absolute Gasteiger partial charge is 0.336 e. The number of benzene rings is 1. The van der Waals surface area contributed by atoms with Gasteiger partial charge in [-0.05, 0) is 31.4 Å². The maximum Gasteiger partial charge on any atom is 0.317 e. The normalized spacial score (nSPS) is 20.2. The molecule has 0 radical (unpaired) electrons. The molecule has 0 spiro atoms. The second kappa shape index (κ2) is 7.50. The first-order valence-electron chi connectivity index (χ1n) is 9.52. The zero-order valence-electron chi connectivity index (χ0n) is 15.4. The Morgan fingerprint density at radius 1 is 1.19 bits per heavy atom. The average molecular weight is 353 g/mol. The Bertz CT molecular complexity index is 748. The molecule has 3 heterocycles. The van der Waals surface area contributed by atoms with Crippen molar-refractivity contribution < 1.29 is 4.79 Å². The van der Waals surface area contributed by atoms with E-state index in [9.17, 15) is 4.79 Å². The van der Waals surface area contributed by atoms with Crippen LogP contribution < -0.4 is 5.32 Å². The zero-order valence-corrected chi connectivity index (χ0v) is 15.4. The van der Waals surface area contributed by atoms with Crippen LogP contribution >= 0.6 is 0 Å². The van der Waals surface area contributed by atoms with Gasteiger partial charge in [-0.3, -0.25) is 9.58 Å². The van der Waals surface area contributed by atoms with E-state index in [1.165, 1.54) is 16.8 Å². The summed E-state index contributed by atoms with van der Waals surface area (Å²) in [4.78, 5) is 16.7. The zero-order chi connectivity index (χ0) is 17.9. The Morgan fingerprint density at radius 3 is 2.73 bits per heavy atom. The Hall–Kier alpha value is -2.34. The Balaban J connectivity index is 1.40. The molecule has 1 fully saturated rings. The molecule has 26 heavy (non-hydrogen) atoms. The van der Waals surface area contributed by atoms with Crippen molar-refractivity contribution in [2.24, 2.45) is 0 Å². The third-order valence-corrected chi connectivity index (χ3v) is 5.36.